The van der Waals surface area contributed by atoms with Crippen LogP contribution in [0.5, 0.6) is 0 Å². The van der Waals surface area contributed by atoms with E-state index < -0.39 is 0 Å². The highest BCUT2D eigenvalue weighted by Crippen LogP contribution is 2.39. The highest BCUT2D eigenvalue weighted by molar-refractivity contribution is 7.99. The smallest absolute Gasteiger partial charge is 0.251 e. The van der Waals surface area contributed by atoms with Crippen molar-refractivity contribution in [1.82, 2.24) is 5.48 Å². The molecule has 2 aliphatic rings. The Bertz CT molecular complexity index is 446. The fraction of sp³-hybridized carbons (Fsp3) is 0.462. The Hall–Kier alpha value is -1.04. The lowest BCUT2D eigenvalue weighted by Crippen LogP contribution is -2.33. The Morgan fingerprint density at radius 1 is 1.44 bits per heavy atom. The molecule has 4 nitrogen and oxygen atoms in total. The molecule has 0 radical (unpaired) electrons. The third kappa shape index (κ3) is 2.39. The van der Waals surface area contributed by atoms with Crippen LogP contribution in [-0.2, 0) is 14.4 Å². The maximum absolute atomic E-state index is 12.1. The molecule has 0 aromatic heterocycles. The van der Waals surface area contributed by atoms with E-state index in [4.69, 9.17) is 9.57 Å². The summed E-state index contributed by atoms with van der Waals surface area (Å²) in [6.07, 6.45) is 0.842. The fourth-order valence-corrected chi connectivity index (χ4v) is 3.43. The van der Waals surface area contributed by atoms with Gasteiger partial charge in [-0.05, 0) is 11.6 Å². The number of carbonyl (C=O) groups is 1. The summed E-state index contributed by atoms with van der Waals surface area (Å²) in [4.78, 5) is 18.6. The predicted octanol–water partition coefficient (Wildman–Crippen LogP) is 1.71. The molecule has 2 aliphatic heterocycles. The van der Waals surface area contributed by atoms with Crippen molar-refractivity contribution in [3.05, 3.63) is 29.8 Å². The highest BCUT2D eigenvalue weighted by Gasteiger charge is 2.29. The Morgan fingerprint density at radius 2 is 2.33 bits per heavy atom. The Labute approximate surface area is 110 Å². The predicted molar refractivity (Wildman–Crippen MR) is 68.4 cm³/mol. The van der Waals surface area contributed by atoms with Crippen LogP contribution in [0.1, 0.15) is 17.9 Å². The van der Waals surface area contributed by atoms with E-state index in [0.29, 0.717) is 13.2 Å². The molecule has 3 rings (SSSR count). The van der Waals surface area contributed by atoms with Gasteiger partial charge in [-0.3, -0.25) is 9.63 Å². The zero-order valence-electron chi connectivity index (χ0n) is 9.93. The van der Waals surface area contributed by atoms with E-state index >= 15 is 0 Å². The van der Waals surface area contributed by atoms with Crippen molar-refractivity contribution in [3.63, 3.8) is 0 Å². The number of hydrogen-bond acceptors (Lipinski definition) is 4. The molecule has 2 atom stereocenters. The number of amides is 1. The number of hydroxylamine groups is 1. The number of nitrogens with one attached hydrogen (secondary N) is 1. The van der Waals surface area contributed by atoms with Gasteiger partial charge in [-0.1, -0.05) is 18.2 Å². The first-order valence-electron chi connectivity index (χ1n) is 6.09. The van der Waals surface area contributed by atoms with Crippen LogP contribution in [0.3, 0.4) is 0 Å². The largest absolute Gasteiger partial charge is 0.379 e. The summed E-state index contributed by atoms with van der Waals surface area (Å²) >= 11 is 1.72. The van der Waals surface area contributed by atoms with Crippen molar-refractivity contribution in [1.29, 1.82) is 0 Å². The quantitative estimate of drug-likeness (QED) is 0.845. The zero-order chi connectivity index (χ0) is 12.4. The van der Waals surface area contributed by atoms with Gasteiger partial charge in [0.15, 0.2) is 0 Å². The molecule has 2 unspecified atom stereocenters. The SMILES string of the molecule is O=C(NOC1CCOC1)C1CSc2ccccc21. The molecule has 96 valence electrons. The second-order valence-electron chi connectivity index (χ2n) is 4.47. The van der Waals surface area contributed by atoms with Crippen LogP contribution in [0.25, 0.3) is 0 Å². The van der Waals surface area contributed by atoms with Gasteiger partial charge in [0.05, 0.1) is 12.5 Å². The first-order chi connectivity index (χ1) is 8.84. The number of carbonyl (C=O) groups excluding carboxylic acids is 1. The van der Waals surface area contributed by atoms with Crippen molar-refractivity contribution in [2.75, 3.05) is 19.0 Å². The van der Waals surface area contributed by atoms with Gasteiger partial charge in [0.1, 0.15) is 6.10 Å². The number of thioether (sulfide) groups is 1. The van der Waals surface area contributed by atoms with Gasteiger partial charge in [-0.25, -0.2) is 5.48 Å². The summed E-state index contributed by atoms with van der Waals surface area (Å²) in [6, 6.07) is 8.03. The molecule has 1 N–H and O–H groups in total. The van der Waals surface area contributed by atoms with Crippen LogP contribution < -0.4 is 5.48 Å². The van der Waals surface area contributed by atoms with Crippen LogP contribution >= 0.6 is 11.8 Å². The van der Waals surface area contributed by atoms with Crippen LogP contribution in [0.2, 0.25) is 0 Å². The number of benzene rings is 1. The molecule has 18 heavy (non-hydrogen) atoms. The molecule has 1 aromatic rings. The standard InChI is InChI=1S/C13H15NO3S/c15-13(14-17-9-5-6-16-7-9)11-8-18-12-4-2-1-3-10(11)12/h1-4,9,11H,5-8H2,(H,14,15). The highest BCUT2D eigenvalue weighted by atomic mass is 32.2. The van der Waals surface area contributed by atoms with E-state index in [1.165, 1.54) is 4.90 Å². The minimum absolute atomic E-state index is 0.00162. The molecule has 1 amide bonds. The normalized spacial score (nSPS) is 26.0. The molecule has 5 heteroatoms. The number of fused-ring (bicyclic) bond motifs is 1. The average Bonchev–Trinajstić information content (AvgIpc) is 3.05. The van der Waals surface area contributed by atoms with E-state index in [2.05, 4.69) is 11.5 Å². The molecule has 0 spiro atoms. The summed E-state index contributed by atoms with van der Waals surface area (Å²) in [6.45, 7) is 1.28. The van der Waals surface area contributed by atoms with Gasteiger partial charge in [-0.2, -0.15) is 0 Å². The van der Waals surface area contributed by atoms with E-state index in [0.717, 1.165) is 17.7 Å². The topological polar surface area (TPSA) is 47.6 Å². The summed E-state index contributed by atoms with van der Waals surface area (Å²) in [5.74, 6) is 0.628. The van der Waals surface area contributed by atoms with Gasteiger partial charge in [0.25, 0.3) is 5.91 Å². The van der Waals surface area contributed by atoms with Crippen LogP contribution in [-0.4, -0.2) is 31.0 Å². The maximum atomic E-state index is 12.1. The minimum Gasteiger partial charge on any atom is -0.379 e. The first kappa shape index (κ1) is 12.0. The van der Waals surface area contributed by atoms with Crippen LogP contribution in [0.4, 0.5) is 0 Å². The van der Waals surface area contributed by atoms with Crippen molar-refractivity contribution in [2.24, 2.45) is 0 Å². The lowest BCUT2D eigenvalue weighted by Gasteiger charge is -2.14. The van der Waals surface area contributed by atoms with Gasteiger partial charge in [-0.15, -0.1) is 11.8 Å². The Kier molecular flexibility index (Phi) is 3.54. The molecule has 2 heterocycles. The van der Waals surface area contributed by atoms with E-state index in [1.807, 2.05) is 18.2 Å². The van der Waals surface area contributed by atoms with Crippen molar-refractivity contribution in [3.8, 4) is 0 Å². The number of hydrogen-bond donors (Lipinski definition) is 1. The summed E-state index contributed by atoms with van der Waals surface area (Å²) < 4.78 is 5.19. The monoisotopic (exact) mass is 265 g/mol. The summed E-state index contributed by atoms with van der Waals surface area (Å²) in [7, 11) is 0. The number of ether oxygens (including phenoxy) is 1. The minimum atomic E-state index is -0.103. The van der Waals surface area contributed by atoms with E-state index in [1.54, 1.807) is 11.8 Å². The first-order valence-corrected chi connectivity index (χ1v) is 7.08. The van der Waals surface area contributed by atoms with E-state index in [-0.39, 0.29) is 17.9 Å². The van der Waals surface area contributed by atoms with Gasteiger partial charge in [0.2, 0.25) is 0 Å². The van der Waals surface area contributed by atoms with Crippen molar-refractivity contribution in [2.45, 2.75) is 23.3 Å². The average molecular weight is 265 g/mol. The van der Waals surface area contributed by atoms with E-state index in [9.17, 15) is 4.79 Å². The molecular formula is C13H15NO3S. The van der Waals surface area contributed by atoms with Crippen molar-refractivity contribution >= 4 is 17.7 Å². The maximum Gasteiger partial charge on any atom is 0.251 e. The number of rotatable bonds is 3. The van der Waals surface area contributed by atoms with Crippen LogP contribution in [0.15, 0.2) is 29.2 Å². The second kappa shape index (κ2) is 5.30. The Morgan fingerprint density at radius 3 is 3.17 bits per heavy atom. The molecule has 0 aliphatic carbocycles. The molecular weight excluding hydrogens is 250 g/mol. The molecule has 1 saturated heterocycles. The molecule has 0 saturated carbocycles. The summed E-state index contributed by atoms with van der Waals surface area (Å²) in [5, 5.41) is 0. The van der Waals surface area contributed by atoms with Gasteiger partial charge < -0.3 is 4.74 Å². The molecule has 1 fully saturated rings. The van der Waals surface area contributed by atoms with Crippen molar-refractivity contribution < 1.29 is 14.4 Å². The second-order valence-corrected chi connectivity index (χ2v) is 5.53. The van der Waals surface area contributed by atoms with Gasteiger partial charge >= 0.3 is 0 Å². The molecule has 0 bridgehead atoms. The molecule has 1 aromatic carbocycles. The van der Waals surface area contributed by atoms with Gasteiger partial charge in [0, 0.05) is 23.7 Å². The zero-order valence-corrected chi connectivity index (χ0v) is 10.7. The lowest BCUT2D eigenvalue weighted by atomic mass is 10.0. The third-order valence-electron chi connectivity index (χ3n) is 3.23. The summed E-state index contributed by atoms with van der Waals surface area (Å²) in [5.41, 5.74) is 3.68. The Balaban J connectivity index is 1.60. The lowest BCUT2D eigenvalue weighted by molar-refractivity contribution is -0.139. The fourth-order valence-electron chi connectivity index (χ4n) is 2.20. The van der Waals surface area contributed by atoms with Crippen LogP contribution in [0, 0.1) is 0 Å². The third-order valence-corrected chi connectivity index (χ3v) is 4.41.